The molecular formula is C12H25NO3. The number of aliphatic hydroxyl groups is 1. The molecule has 4 heteroatoms. The molecule has 1 saturated heterocycles. The zero-order valence-corrected chi connectivity index (χ0v) is 10.5. The van der Waals surface area contributed by atoms with E-state index in [4.69, 9.17) is 9.47 Å². The van der Waals surface area contributed by atoms with Crippen molar-refractivity contribution in [1.82, 2.24) is 5.32 Å². The Hall–Kier alpha value is -0.160. The van der Waals surface area contributed by atoms with Crippen LogP contribution in [0.15, 0.2) is 0 Å². The molecule has 96 valence electrons. The third-order valence-electron chi connectivity index (χ3n) is 3.13. The van der Waals surface area contributed by atoms with Gasteiger partial charge in [0.2, 0.25) is 0 Å². The van der Waals surface area contributed by atoms with Gasteiger partial charge in [-0.3, -0.25) is 0 Å². The summed E-state index contributed by atoms with van der Waals surface area (Å²) in [5.41, 5.74) is -0.208. The molecule has 0 aromatic heterocycles. The van der Waals surface area contributed by atoms with Crippen LogP contribution in [-0.2, 0) is 9.47 Å². The van der Waals surface area contributed by atoms with Crippen molar-refractivity contribution in [3.8, 4) is 0 Å². The molecule has 0 radical (unpaired) electrons. The Balaban J connectivity index is 2.16. The van der Waals surface area contributed by atoms with Crippen LogP contribution >= 0.6 is 0 Å². The molecule has 1 fully saturated rings. The van der Waals surface area contributed by atoms with Gasteiger partial charge in [-0.15, -0.1) is 0 Å². The van der Waals surface area contributed by atoms with E-state index in [-0.39, 0.29) is 12.1 Å². The monoisotopic (exact) mass is 231 g/mol. The number of ether oxygens (including phenoxy) is 2. The Kier molecular flexibility index (Phi) is 6.28. The van der Waals surface area contributed by atoms with Gasteiger partial charge in [0.15, 0.2) is 0 Å². The van der Waals surface area contributed by atoms with E-state index in [1.165, 1.54) is 0 Å². The summed E-state index contributed by atoms with van der Waals surface area (Å²) in [6.45, 7) is 7.43. The van der Waals surface area contributed by atoms with Gasteiger partial charge in [-0.1, -0.05) is 6.92 Å². The summed E-state index contributed by atoms with van der Waals surface area (Å²) < 4.78 is 11.1. The van der Waals surface area contributed by atoms with Crippen molar-refractivity contribution in [2.24, 2.45) is 0 Å². The lowest BCUT2D eigenvalue weighted by Crippen LogP contribution is -2.46. The van der Waals surface area contributed by atoms with Crippen LogP contribution in [0.3, 0.4) is 0 Å². The van der Waals surface area contributed by atoms with E-state index in [9.17, 15) is 5.11 Å². The lowest BCUT2D eigenvalue weighted by atomic mass is 9.99. The highest BCUT2D eigenvalue weighted by molar-refractivity contribution is 4.81. The summed E-state index contributed by atoms with van der Waals surface area (Å²) in [5.74, 6) is 0. The highest BCUT2D eigenvalue weighted by Crippen LogP contribution is 2.14. The van der Waals surface area contributed by atoms with E-state index in [1.54, 1.807) is 0 Å². The van der Waals surface area contributed by atoms with Crippen LogP contribution in [-0.4, -0.2) is 49.7 Å². The highest BCUT2D eigenvalue weighted by Gasteiger charge is 2.22. The van der Waals surface area contributed by atoms with Gasteiger partial charge in [0.25, 0.3) is 0 Å². The van der Waals surface area contributed by atoms with Gasteiger partial charge in [-0.25, -0.2) is 0 Å². The summed E-state index contributed by atoms with van der Waals surface area (Å²) in [5, 5.41) is 12.6. The molecular weight excluding hydrogens is 206 g/mol. The topological polar surface area (TPSA) is 50.7 Å². The SMILES string of the molecule is CCNC(C)(CO)CCOC1CCOCC1. The molecule has 1 aliphatic rings. The fourth-order valence-electron chi connectivity index (χ4n) is 1.94. The molecule has 0 amide bonds. The molecule has 1 heterocycles. The fraction of sp³-hybridized carbons (Fsp3) is 1.00. The predicted octanol–water partition coefficient (Wildman–Crippen LogP) is 0.933. The van der Waals surface area contributed by atoms with E-state index in [2.05, 4.69) is 5.32 Å². The third kappa shape index (κ3) is 4.78. The number of nitrogens with one attached hydrogen (secondary N) is 1. The predicted molar refractivity (Wildman–Crippen MR) is 63.6 cm³/mol. The second-order valence-electron chi connectivity index (χ2n) is 4.68. The van der Waals surface area contributed by atoms with Crippen LogP contribution in [0.4, 0.5) is 0 Å². The first-order valence-corrected chi connectivity index (χ1v) is 6.25. The molecule has 1 unspecified atom stereocenters. The Labute approximate surface area is 98.3 Å². The average molecular weight is 231 g/mol. The van der Waals surface area contributed by atoms with Crippen LogP contribution in [0.5, 0.6) is 0 Å². The largest absolute Gasteiger partial charge is 0.394 e. The maximum Gasteiger partial charge on any atom is 0.0619 e. The van der Waals surface area contributed by atoms with Crippen LogP contribution < -0.4 is 5.32 Å². The third-order valence-corrected chi connectivity index (χ3v) is 3.13. The van der Waals surface area contributed by atoms with E-state index in [1.807, 2.05) is 13.8 Å². The normalized spacial score (nSPS) is 21.9. The van der Waals surface area contributed by atoms with E-state index < -0.39 is 0 Å². The zero-order chi connectivity index (χ0) is 11.9. The second kappa shape index (κ2) is 7.22. The minimum atomic E-state index is -0.208. The first kappa shape index (κ1) is 13.9. The first-order chi connectivity index (χ1) is 7.70. The van der Waals surface area contributed by atoms with Crippen molar-refractivity contribution < 1.29 is 14.6 Å². The van der Waals surface area contributed by atoms with Crippen molar-refractivity contribution >= 4 is 0 Å². The van der Waals surface area contributed by atoms with Crippen LogP contribution in [0.25, 0.3) is 0 Å². The quantitative estimate of drug-likeness (QED) is 0.684. The summed E-state index contributed by atoms with van der Waals surface area (Å²) in [6, 6.07) is 0. The number of hydrogen-bond acceptors (Lipinski definition) is 4. The molecule has 0 spiro atoms. The van der Waals surface area contributed by atoms with Gasteiger partial charge >= 0.3 is 0 Å². The number of likely N-dealkylation sites (N-methyl/N-ethyl adjacent to an activating group) is 1. The lowest BCUT2D eigenvalue weighted by Gasteiger charge is -2.30. The standard InChI is InChI=1S/C12H25NO3/c1-3-13-12(2,10-14)6-9-16-11-4-7-15-8-5-11/h11,13-14H,3-10H2,1-2H3. The van der Waals surface area contributed by atoms with Gasteiger partial charge in [0, 0.05) is 25.4 Å². The molecule has 16 heavy (non-hydrogen) atoms. The molecule has 0 aromatic carbocycles. The van der Waals surface area contributed by atoms with Crippen LogP contribution in [0.2, 0.25) is 0 Å². The number of hydrogen-bond donors (Lipinski definition) is 2. The van der Waals surface area contributed by atoms with E-state index in [0.29, 0.717) is 12.7 Å². The van der Waals surface area contributed by atoms with Crippen molar-refractivity contribution in [1.29, 1.82) is 0 Å². The Bertz CT molecular complexity index is 183. The molecule has 1 aliphatic heterocycles. The summed E-state index contributed by atoms with van der Waals surface area (Å²) in [6.07, 6.45) is 3.18. The minimum Gasteiger partial charge on any atom is -0.394 e. The summed E-state index contributed by atoms with van der Waals surface area (Å²) in [4.78, 5) is 0. The van der Waals surface area contributed by atoms with Crippen molar-refractivity contribution in [3.05, 3.63) is 0 Å². The molecule has 0 aromatic rings. The summed E-state index contributed by atoms with van der Waals surface area (Å²) >= 11 is 0. The minimum absolute atomic E-state index is 0.151. The van der Waals surface area contributed by atoms with Crippen molar-refractivity contribution in [2.45, 2.75) is 44.8 Å². The van der Waals surface area contributed by atoms with Gasteiger partial charge in [-0.05, 0) is 32.7 Å². The molecule has 1 atom stereocenters. The number of aliphatic hydroxyl groups excluding tert-OH is 1. The van der Waals surface area contributed by atoms with Crippen LogP contribution in [0, 0.1) is 0 Å². The molecule has 1 rings (SSSR count). The van der Waals surface area contributed by atoms with Gasteiger partial charge in [0.1, 0.15) is 0 Å². The first-order valence-electron chi connectivity index (χ1n) is 6.25. The number of rotatable bonds is 7. The molecule has 0 bridgehead atoms. The lowest BCUT2D eigenvalue weighted by molar-refractivity contribution is -0.0388. The van der Waals surface area contributed by atoms with Gasteiger partial charge in [-0.2, -0.15) is 0 Å². The fourth-order valence-corrected chi connectivity index (χ4v) is 1.94. The van der Waals surface area contributed by atoms with E-state index in [0.717, 1.165) is 39.0 Å². The van der Waals surface area contributed by atoms with Crippen LogP contribution in [0.1, 0.15) is 33.1 Å². The van der Waals surface area contributed by atoms with Gasteiger partial charge in [0.05, 0.1) is 12.7 Å². The van der Waals surface area contributed by atoms with Crippen molar-refractivity contribution in [2.75, 3.05) is 33.0 Å². The maximum atomic E-state index is 9.32. The smallest absolute Gasteiger partial charge is 0.0619 e. The maximum absolute atomic E-state index is 9.32. The second-order valence-corrected chi connectivity index (χ2v) is 4.68. The van der Waals surface area contributed by atoms with E-state index >= 15 is 0 Å². The average Bonchev–Trinajstić information content (AvgIpc) is 2.31. The highest BCUT2D eigenvalue weighted by atomic mass is 16.5. The summed E-state index contributed by atoms with van der Waals surface area (Å²) in [7, 11) is 0. The molecule has 0 saturated carbocycles. The Morgan fingerprint density at radius 3 is 2.69 bits per heavy atom. The van der Waals surface area contributed by atoms with Gasteiger partial charge < -0.3 is 19.9 Å². The zero-order valence-electron chi connectivity index (χ0n) is 10.5. The van der Waals surface area contributed by atoms with Crippen molar-refractivity contribution in [3.63, 3.8) is 0 Å². The molecule has 4 nitrogen and oxygen atoms in total. The Morgan fingerprint density at radius 2 is 2.12 bits per heavy atom. The Morgan fingerprint density at radius 1 is 1.44 bits per heavy atom. The molecule has 2 N–H and O–H groups in total. The molecule has 0 aliphatic carbocycles.